The first kappa shape index (κ1) is 22.3. The van der Waals surface area contributed by atoms with E-state index in [1.165, 1.54) is 32.4 Å². The van der Waals surface area contributed by atoms with Crippen LogP contribution < -0.4 is 24.4 Å². The van der Waals surface area contributed by atoms with Gasteiger partial charge in [0.2, 0.25) is 24.3 Å². The van der Waals surface area contributed by atoms with Crippen LogP contribution in [0.1, 0.15) is 6.92 Å². The van der Waals surface area contributed by atoms with Crippen molar-refractivity contribution in [1.29, 1.82) is 0 Å². The van der Waals surface area contributed by atoms with E-state index >= 15 is 0 Å². The van der Waals surface area contributed by atoms with Gasteiger partial charge in [0.15, 0.2) is 23.0 Å². The Labute approximate surface area is 192 Å². The maximum atomic E-state index is 13.3. The Kier molecular flexibility index (Phi) is 5.48. The fourth-order valence-corrected chi connectivity index (χ4v) is 3.96. The Bertz CT molecular complexity index is 1300. The third-order valence-corrected chi connectivity index (χ3v) is 5.88. The largest absolute Gasteiger partial charge is 0.504 e. The smallest absolute Gasteiger partial charge is 0.231 e. The molecule has 2 aliphatic heterocycles. The molecule has 11 heteroatoms. The number of aliphatic hydroxyl groups is 3. The molecular formula is C23H22O11. The average molecular weight is 474 g/mol. The molecule has 0 bridgehead atoms. The van der Waals surface area contributed by atoms with Crippen LogP contribution in [-0.4, -0.2) is 65.0 Å². The number of ether oxygens (including phenoxy) is 5. The van der Waals surface area contributed by atoms with Gasteiger partial charge in [0, 0.05) is 6.07 Å². The Hall–Kier alpha value is -3.51. The van der Waals surface area contributed by atoms with Crippen molar-refractivity contribution in [1.82, 2.24) is 0 Å². The molecule has 3 aromatic rings. The molecular weight excluding hydrogens is 452 g/mol. The molecule has 1 aromatic heterocycles. The maximum absolute atomic E-state index is 13.3. The van der Waals surface area contributed by atoms with E-state index in [0.717, 1.165) is 0 Å². The molecule has 1 saturated heterocycles. The lowest BCUT2D eigenvalue weighted by Crippen LogP contribution is -2.58. The summed E-state index contributed by atoms with van der Waals surface area (Å²) in [6.07, 6.45) is -5.41. The molecule has 0 amide bonds. The maximum Gasteiger partial charge on any atom is 0.231 e. The Balaban J connectivity index is 1.54. The number of rotatable bonds is 4. The summed E-state index contributed by atoms with van der Waals surface area (Å²) in [5, 5.41) is 40.5. The summed E-state index contributed by atoms with van der Waals surface area (Å²) < 4.78 is 32.7. The number of aromatic hydroxyl groups is 1. The molecule has 180 valence electrons. The summed E-state index contributed by atoms with van der Waals surface area (Å²) in [6.45, 7) is 1.53. The molecule has 4 N–H and O–H groups in total. The van der Waals surface area contributed by atoms with Crippen LogP contribution in [0.5, 0.6) is 28.7 Å². The quantitative estimate of drug-likeness (QED) is 0.429. The lowest BCUT2D eigenvalue weighted by molar-refractivity contribution is -0.268. The van der Waals surface area contributed by atoms with Crippen molar-refractivity contribution in [2.24, 2.45) is 0 Å². The first-order valence-electron chi connectivity index (χ1n) is 10.4. The SMILES string of the molecule is COc1cc(-c2coc3cc(O)c(OC4OC(C)C(O)C(O)C4O)cc3c2=O)cc2c1OCO2. The van der Waals surface area contributed by atoms with E-state index in [2.05, 4.69) is 0 Å². The van der Waals surface area contributed by atoms with Crippen LogP contribution in [0.3, 0.4) is 0 Å². The van der Waals surface area contributed by atoms with Gasteiger partial charge in [0.25, 0.3) is 0 Å². The molecule has 0 saturated carbocycles. The standard InChI is InChI=1S/C23H22O11/c1-9-18(25)20(27)21(28)23(33-9)34-15-5-11-14(6-13(15)24)30-7-12(19(11)26)10-3-16(29-2)22-17(4-10)31-8-32-22/h3-7,9,18,20-21,23-25,27-28H,8H2,1-2H3. The van der Waals surface area contributed by atoms with Gasteiger partial charge in [-0.1, -0.05) is 0 Å². The van der Waals surface area contributed by atoms with Crippen molar-refractivity contribution >= 4 is 11.0 Å². The van der Waals surface area contributed by atoms with E-state index in [-0.39, 0.29) is 34.8 Å². The number of hydrogen-bond donors (Lipinski definition) is 4. The lowest BCUT2D eigenvalue weighted by Gasteiger charge is -2.38. The summed E-state index contributed by atoms with van der Waals surface area (Å²) in [5.41, 5.74) is 0.326. The first-order valence-corrected chi connectivity index (χ1v) is 10.4. The minimum absolute atomic E-state index is 0.0287. The number of phenolic OH excluding ortho intramolecular Hbond substituents is 1. The molecule has 2 aliphatic rings. The predicted octanol–water partition coefficient (Wildman–Crippen LogP) is 1.11. The molecule has 11 nitrogen and oxygen atoms in total. The Morgan fingerprint density at radius 3 is 2.56 bits per heavy atom. The molecule has 5 atom stereocenters. The van der Waals surface area contributed by atoms with Gasteiger partial charge >= 0.3 is 0 Å². The Morgan fingerprint density at radius 1 is 1.00 bits per heavy atom. The second-order valence-electron chi connectivity index (χ2n) is 8.01. The van der Waals surface area contributed by atoms with E-state index in [1.807, 2.05) is 0 Å². The molecule has 0 radical (unpaired) electrons. The first-order chi connectivity index (χ1) is 16.3. The number of phenols is 1. The molecule has 2 aromatic carbocycles. The molecule has 34 heavy (non-hydrogen) atoms. The van der Waals surface area contributed by atoms with Crippen LogP contribution in [0.15, 0.2) is 39.7 Å². The highest BCUT2D eigenvalue weighted by Crippen LogP contribution is 2.44. The number of methoxy groups -OCH3 is 1. The average Bonchev–Trinajstić information content (AvgIpc) is 3.30. The van der Waals surface area contributed by atoms with Crippen LogP contribution >= 0.6 is 0 Å². The Morgan fingerprint density at radius 2 is 1.79 bits per heavy atom. The topological polar surface area (TPSA) is 157 Å². The molecule has 0 spiro atoms. The van der Waals surface area contributed by atoms with E-state index in [4.69, 9.17) is 28.1 Å². The zero-order chi connectivity index (χ0) is 24.1. The van der Waals surface area contributed by atoms with Crippen molar-refractivity contribution in [2.75, 3.05) is 13.9 Å². The second-order valence-corrected chi connectivity index (χ2v) is 8.01. The lowest BCUT2D eigenvalue weighted by atomic mass is 10.00. The van der Waals surface area contributed by atoms with E-state index in [9.17, 15) is 25.2 Å². The second kappa shape index (κ2) is 8.37. The zero-order valence-corrected chi connectivity index (χ0v) is 18.1. The summed E-state index contributed by atoms with van der Waals surface area (Å²) >= 11 is 0. The highest BCUT2D eigenvalue weighted by molar-refractivity contribution is 5.85. The minimum Gasteiger partial charge on any atom is -0.504 e. The highest BCUT2D eigenvalue weighted by Gasteiger charge is 2.43. The van der Waals surface area contributed by atoms with E-state index in [0.29, 0.717) is 22.8 Å². The number of benzene rings is 2. The summed E-state index contributed by atoms with van der Waals surface area (Å²) in [5.74, 6) is 0.682. The van der Waals surface area contributed by atoms with Crippen LogP contribution in [0.2, 0.25) is 0 Å². The van der Waals surface area contributed by atoms with Crippen LogP contribution in [0, 0.1) is 0 Å². The molecule has 5 unspecified atom stereocenters. The highest BCUT2D eigenvalue weighted by atomic mass is 16.7. The third kappa shape index (κ3) is 3.59. The minimum atomic E-state index is -1.59. The molecule has 0 aliphatic carbocycles. The van der Waals surface area contributed by atoms with Crippen molar-refractivity contribution in [2.45, 2.75) is 37.6 Å². The van der Waals surface area contributed by atoms with Crippen molar-refractivity contribution in [3.05, 3.63) is 40.8 Å². The van der Waals surface area contributed by atoms with Gasteiger partial charge < -0.3 is 48.5 Å². The fourth-order valence-electron chi connectivity index (χ4n) is 3.96. The van der Waals surface area contributed by atoms with Gasteiger partial charge in [-0.25, -0.2) is 0 Å². The summed E-state index contributed by atoms with van der Waals surface area (Å²) in [4.78, 5) is 13.3. The van der Waals surface area contributed by atoms with Gasteiger partial charge in [-0.3, -0.25) is 4.79 Å². The third-order valence-electron chi connectivity index (χ3n) is 5.88. The van der Waals surface area contributed by atoms with Crippen molar-refractivity contribution < 1.29 is 48.5 Å². The monoisotopic (exact) mass is 474 g/mol. The summed E-state index contributed by atoms with van der Waals surface area (Å²) in [7, 11) is 1.47. The van der Waals surface area contributed by atoms with Gasteiger partial charge in [0.1, 0.15) is 30.2 Å². The normalized spacial score (nSPS) is 26.0. The van der Waals surface area contributed by atoms with E-state index < -0.39 is 36.1 Å². The molecule has 1 fully saturated rings. The number of aliphatic hydroxyl groups excluding tert-OH is 3. The van der Waals surface area contributed by atoms with Gasteiger partial charge in [-0.05, 0) is 30.7 Å². The zero-order valence-electron chi connectivity index (χ0n) is 18.1. The van der Waals surface area contributed by atoms with Crippen LogP contribution in [0.25, 0.3) is 22.1 Å². The van der Waals surface area contributed by atoms with Crippen molar-refractivity contribution in [3.63, 3.8) is 0 Å². The van der Waals surface area contributed by atoms with Crippen LogP contribution in [0.4, 0.5) is 0 Å². The van der Waals surface area contributed by atoms with Gasteiger partial charge in [0.05, 0.1) is 24.2 Å². The molecule has 5 rings (SSSR count). The van der Waals surface area contributed by atoms with Crippen LogP contribution in [-0.2, 0) is 4.74 Å². The van der Waals surface area contributed by atoms with Crippen molar-refractivity contribution in [3.8, 4) is 39.9 Å². The predicted molar refractivity (Wildman–Crippen MR) is 115 cm³/mol. The van der Waals surface area contributed by atoms with Gasteiger partial charge in [-0.2, -0.15) is 0 Å². The van der Waals surface area contributed by atoms with Gasteiger partial charge in [-0.15, -0.1) is 0 Å². The number of hydrogen-bond acceptors (Lipinski definition) is 11. The molecule has 3 heterocycles. The summed E-state index contributed by atoms with van der Waals surface area (Å²) in [6, 6.07) is 5.69. The van der Waals surface area contributed by atoms with E-state index in [1.54, 1.807) is 12.1 Å². The fraction of sp³-hybridized carbons (Fsp3) is 0.348. The number of fused-ring (bicyclic) bond motifs is 2.